The molecule has 2 aliphatic heterocycles. The summed E-state index contributed by atoms with van der Waals surface area (Å²) in [5, 5.41) is 64.8. The van der Waals surface area contributed by atoms with Gasteiger partial charge in [0.05, 0.1) is 36.6 Å². The van der Waals surface area contributed by atoms with E-state index in [-0.39, 0.29) is 34.7 Å². The average Bonchev–Trinajstić information content (AvgIpc) is 3.27. The Morgan fingerprint density at radius 1 is 1.00 bits per heavy atom. The molecule has 0 spiro atoms. The molecule has 6 rings (SSSR count). The van der Waals surface area contributed by atoms with E-state index in [2.05, 4.69) is 19.9 Å². The highest BCUT2D eigenvalue weighted by Gasteiger charge is 2.67. The first kappa shape index (κ1) is 33.2. The van der Waals surface area contributed by atoms with Crippen LogP contribution in [0, 0.1) is 34.5 Å². The zero-order valence-corrected chi connectivity index (χ0v) is 27.0. The minimum atomic E-state index is -1.30. The standard InChI is InChI=1S/C34H56O10/c1-17(36)21-10-13-34(40)23-7-6-20-14-19(8-11-32(20,3)22(23)9-12-33(21,34)4)25-15-24(37)29(18(2)42-25)44-31-28(39)30(41-5)27(38)26(16-35)43-31/h6,17-19,21-31,35-40H,7-16H2,1-5H3/t17?,18-,19+,21-,22+,23-,24+,25-,26-,27+,28-,29-,30+,31+,32+,33-,34-/m1/s1. The molecule has 10 heteroatoms. The number of fused-ring (bicyclic) bond motifs is 5. The zero-order chi connectivity index (χ0) is 31.8. The van der Waals surface area contributed by atoms with Crippen molar-refractivity contribution in [3.05, 3.63) is 11.6 Å². The number of aliphatic hydroxyl groups is 6. The van der Waals surface area contributed by atoms with Crippen molar-refractivity contribution in [2.75, 3.05) is 13.7 Å². The maximum absolute atomic E-state index is 12.3. The van der Waals surface area contributed by atoms with Gasteiger partial charge in [-0.3, -0.25) is 0 Å². The second-order valence-electron chi connectivity index (χ2n) is 15.6. The van der Waals surface area contributed by atoms with Gasteiger partial charge in [0.15, 0.2) is 6.29 Å². The summed E-state index contributed by atoms with van der Waals surface area (Å²) in [6, 6.07) is 0. The number of methoxy groups -OCH3 is 1. The van der Waals surface area contributed by atoms with Gasteiger partial charge in [0.25, 0.3) is 0 Å². The zero-order valence-electron chi connectivity index (χ0n) is 27.0. The highest BCUT2D eigenvalue weighted by atomic mass is 16.7. The summed E-state index contributed by atoms with van der Waals surface area (Å²) in [5.41, 5.74) is 0.511. The lowest BCUT2D eigenvalue weighted by Gasteiger charge is -2.62. The molecule has 44 heavy (non-hydrogen) atoms. The molecule has 3 saturated carbocycles. The molecule has 0 aromatic carbocycles. The van der Waals surface area contributed by atoms with E-state index >= 15 is 0 Å². The fourth-order valence-electron chi connectivity index (χ4n) is 11.0. The lowest BCUT2D eigenvalue weighted by molar-refractivity contribution is -0.335. The Hall–Kier alpha value is -0.660. The number of hydrogen-bond donors (Lipinski definition) is 6. The molecule has 17 atom stereocenters. The van der Waals surface area contributed by atoms with Gasteiger partial charge >= 0.3 is 0 Å². The predicted molar refractivity (Wildman–Crippen MR) is 160 cm³/mol. The first-order chi connectivity index (χ1) is 20.8. The Morgan fingerprint density at radius 3 is 2.41 bits per heavy atom. The van der Waals surface area contributed by atoms with Gasteiger partial charge in [-0.1, -0.05) is 25.5 Å². The molecule has 6 N–H and O–H groups in total. The molecule has 5 fully saturated rings. The van der Waals surface area contributed by atoms with Crippen LogP contribution in [0.1, 0.15) is 85.5 Å². The van der Waals surface area contributed by atoms with E-state index in [4.69, 9.17) is 18.9 Å². The van der Waals surface area contributed by atoms with Crippen LogP contribution in [0.2, 0.25) is 0 Å². The third kappa shape index (κ3) is 5.06. The van der Waals surface area contributed by atoms with Crippen LogP contribution in [0.15, 0.2) is 11.6 Å². The highest BCUT2D eigenvalue weighted by Crippen LogP contribution is 2.68. The van der Waals surface area contributed by atoms with E-state index in [1.54, 1.807) is 0 Å². The molecular weight excluding hydrogens is 568 g/mol. The fourth-order valence-corrected chi connectivity index (χ4v) is 11.0. The SMILES string of the molecule is CO[C@H]1[C@@H](O)[C@@H](CO)O[C@@H](O[C@H]2[C@@H](O)C[C@H]([C@H]3CC[C@@]4(C)C(=CC[C@@H]5[C@@H]4CC[C@]4(C)[C@@H](C(C)O)CC[C@@]54O)C3)O[C@@H]2C)[C@@H]1O. The lowest BCUT2D eigenvalue weighted by atomic mass is 9.45. The van der Waals surface area contributed by atoms with E-state index in [0.29, 0.717) is 12.3 Å². The van der Waals surface area contributed by atoms with E-state index in [1.165, 1.54) is 12.7 Å². The molecule has 1 unspecified atom stereocenters. The van der Waals surface area contributed by atoms with E-state index < -0.39 is 67.3 Å². The maximum atomic E-state index is 12.3. The molecule has 6 aliphatic rings. The summed E-state index contributed by atoms with van der Waals surface area (Å²) >= 11 is 0. The maximum Gasteiger partial charge on any atom is 0.187 e. The third-order valence-electron chi connectivity index (χ3n) is 13.6. The van der Waals surface area contributed by atoms with Crippen LogP contribution in [0.3, 0.4) is 0 Å². The molecular formula is C34H56O10. The summed E-state index contributed by atoms with van der Waals surface area (Å²) in [6.45, 7) is 7.91. The van der Waals surface area contributed by atoms with Crippen LogP contribution in [0.25, 0.3) is 0 Å². The van der Waals surface area contributed by atoms with Crippen molar-refractivity contribution in [2.24, 2.45) is 34.5 Å². The molecule has 252 valence electrons. The fraction of sp³-hybridized carbons (Fsp3) is 0.941. The molecule has 2 heterocycles. The molecule has 0 amide bonds. The summed E-state index contributed by atoms with van der Waals surface area (Å²) in [7, 11) is 1.37. The summed E-state index contributed by atoms with van der Waals surface area (Å²) in [5.74, 6) is 1.03. The molecule has 10 nitrogen and oxygen atoms in total. The third-order valence-corrected chi connectivity index (χ3v) is 13.6. The average molecular weight is 625 g/mol. The number of allylic oxidation sites excluding steroid dienone is 2. The monoisotopic (exact) mass is 624 g/mol. The smallest absolute Gasteiger partial charge is 0.187 e. The van der Waals surface area contributed by atoms with Crippen molar-refractivity contribution in [3.63, 3.8) is 0 Å². The van der Waals surface area contributed by atoms with Crippen molar-refractivity contribution in [1.82, 2.24) is 0 Å². The van der Waals surface area contributed by atoms with Crippen LogP contribution < -0.4 is 0 Å². The van der Waals surface area contributed by atoms with Crippen molar-refractivity contribution in [3.8, 4) is 0 Å². The van der Waals surface area contributed by atoms with Gasteiger partial charge in [0, 0.05) is 18.9 Å². The van der Waals surface area contributed by atoms with Gasteiger partial charge in [-0.2, -0.15) is 0 Å². The minimum Gasteiger partial charge on any atom is -0.394 e. The Balaban J connectivity index is 1.12. The van der Waals surface area contributed by atoms with Crippen LogP contribution >= 0.6 is 0 Å². The van der Waals surface area contributed by atoms with Gasteiger partial charge in [-0.25, -0.2) is 0 Å². The van der Waals surface area contributed by atoms with Gasteiger partial charge in [0.2, 0.25) is 0 Å². The Kier molecular flexibility index (Phi) is 9.14. The largest absolute Gasteiger partial charge is 0.394 e. The van der Waals surface area contributed by atoms with Crippen LogP contribution in [0.5, 0.6) is 0 Å². The van der Waals surface area contributed by atoms with E-state index in [1.807, 2.05) is 13.8 Å². The summed E-state index contributed by atoms with van der Waals surface area (Å²) in [6.07, 6.45) is 1.99. The van der Waals surface area contributed by atoms with Gasteiger partial charge in [-0.15, -0.1) is 0 Å². The second-order valence-corrected chi connectivity index (χ2v) is 15.6. The van der Waals surface area contributed by atoms with E-state index in [0.717, 1.165) is 51.4 Å². The Bertz CT molecular complexity index is 1060. The van der Waals surface area contributed by atoms with Crippen molar-refractivity contribution in [1.29, 1.82) is 0 Å². The van der Waals surface area contributed by atoms with Crippen LogP contribution in [-0.2, 0) is 18.9 Å². The molecule has 2 saturated heterocycles. The highest BCUT2D eigenvalue weighted by molar-refractivity contribution is 5.28. The quantitative estimate of drug-likeness (QED) is 0.242. The molecule has 4 aliphatic carbocycles. The first-order valence-corrected chi connectivity index (χ1v) is 17.0. The summed E-state index contributed by atoms with van der Waals surface area (Å²) < 4.78 is 23.5. The first-order valence-electron chi connectivity index (χ1n) is 17.0. The number of ether oxygens (including phenoxy) is 4. The normalized spacial score (nSPS) is 55.0. The second kappa shape index (κ2) is 12.1. The minimum absolute atomic E-state index is 0.0318. The Morgan fingerprint density at radius 2 is 1.75 bits per heavy atom. The number of rotatable bonds is 6. The topological polar surface area (TPSA) is 158 Å². The van der Waals surface area contributed by atoms with E-state index in [9.17, 15) is 30.6 Å². The van der Waals surface area contributed by atoms with Gasteiger partial charge < -0.3 is 49.6 Å². The molecule has 0 radical (unpaired) electrons. The van der Waals surface area contributed by atoms with Gasteiger partial charge in [-0.05, 0) is 94.3 Å². The van der Waals surface area contributed by atoms with Crippen molar-refractivity contribution in [2.45, 2.75) is 152 Å². The Labute approximate surface area is 261 Å². The molecule has 0 aromatic heterocycles. The van der Waals surface area contributed by atoms with Gasteiger partial charge in [0.1, 0.15) is 30.5 Å². The lowest BCUT2D eigenvalue weighted by Crippen LogP contribution is -2.62. The number of aliphatic hydroxyl groups excluding tert-OH is 5. The van der Waals surface area contributed by atoms with Crippen LogP contribution in [-0.4, -0.2) is 111 Å². The van der Waals surface area contributed by atoms with Crippen LogP contribution in [0.4, 0.5) is 0 Å². The molecule has 0 bridgehead atoms. The van der Waals surface area contributed by atoms with Crippen molar-refractivity contribution >= 4 is 0 Å². The summed E-state index contributed by atoms with van der Waals surface area (Å²) in [4.78, 5) is 0. The number of hydrogen-bond acceptors (Lipinski definition) is 10. The molecule has 0 aromatic rings. The van der Waals surface area contributed by atoms with Crippen molar-refractivity contribution < 1.29 is 49.6 Å². The predicted octanol–water partition coefficient (Wildman–Crippen LogP) is 2.05.